The average Bonchev–Trinajstić information content (AvgIpc) is 3.01. The lowest BCUT2D eigenvalue weighted by Crippen LogP contribution is -2.46. The zero-order valence-corrected chi connectivity index (χ0v) is 12.2. The summed E-state index contributed by atoms with van der Waals surface area (Å²) in [7, 11) is 0. The third-order valence-electron chi connectivity index (χ3n) is 4.78. The second kappa shape index (κ2) is 3.97. The van der Waals surface area contributed by atoms with Gasteiger partial charge >= 0.3 is 11.8 Å². The minimum Gasteiger partial charge on any atom is -0.345 e. The molecule has 3 rings (SSSR count). The Balaban J connectivity index is 1.72. The quantitative estimate of drug-likeness (QED) is 0.733. The molecule has 3 aliphatic rings. The van der Waals surface area contributed by atoms with Gasteiger partial charge in [-0.3, -0.25) is 9.59 Å². The SMILES string of the molecule is CC1(C)CC2CC(C)(CN2C(=O)C(=O)NC2CC2)C1. The molecule has 2 unspecified atom stereocenters. The Kier molecular flexibility index (Phi) is 2.70. The molecule has 2 aliphatic carbocycles. The Bertz CT molecular complexity index is 428. The third kappa shape index (κ3) is 2.49. The van der Waals surface area contributed by atoms with Crippen LogP contribution in [-0.2, 0) is 9.59 Å². The van der Waals surface area contributed by atoms with Gasteiger partial charge in [-0.2, -0.15) is 0 Å². The molecule has 0 aromatic carbocycles. The minimum absolute atomic E-state index is 0.196. The molecule has 1 N–H and O–H groups in total. The van der Waals surface area contributed by atoms with Gasteiger partial charge in [0, 0.05) is 18.6 Å². The van der Waals surface area contributed by atoms with Gasteiger partial charge in [0.15, 0.2) is 0 Å². The van der Waals surface area contributed by atoms with Crippen LogP contribution in [0.2, 0.25) is 0 Å². The van der Waals surface area contributed by atoms with Crippen LogP contribution >= 0.6 is 0 Å². The lowest BCUT2D eigenvalue weighted by molar-refractivity contribution is -0.146. The van der Waals surface area contributed by atoms with Crippen molar-refractivity contribution in [2.45, 2.75) is 65.0 Å². The van der Waals surface area contributed by atoms with Crippen LogP contribution in [-0.4, -0.2) is 35.3 Å². The summed E-state index contributed by atoms with van der Waals surface area (Å²) < 4.78 is 0. The van der Waals surface area contributed by atoms with Gasteiger partial charge in [-0.05, 0) is 42.9 Å². The largest absolute Gasteiger partial charge is 0.345 e. The van der Waals surface area contributed by atoms with Crippen molar-refractivity contribution in [2.75, 3.05) is 6.54 Å². The van der Waals surface area contributed by atoms with Gasteiger partial charge in [-0.1, -0.05) is 20.8 Å². The van der Waals surface area contributed by atoms with Crippen LogP contribution in [0.1, 0.15) is 52.9 Å². The van der Waals surface area contributed by atoms with Gasteiger partial charge in [0.05, 0.1) is 0 Å². The molecule has 1 saturated heterocycles. The van der Waals surface area contributed by atoms with Crippen molar-refractivity contribution in [1.29, 1.82) is 0 Å². The first kappa shape index (κ1) is 12.9. The monoisotopic (exact) mass is 264 g/mol. The highest BCUT2D eigenvalue weighted by Gasteiger charge is 2.51. The van der Waals surface area contributed by atoms with E-state index < -0.39 is 5.91 Å². The topological polar surface area (TPSA) is 49.4 Å². The van der Waals surface area contributed by atoms with Gasteiger partial charge in [0.2, 0.25) is 0 Å². The molecule has 0 aromatic rings. The predicted octanol–water partition coefficient (Wildman–Crippen LogP) is 1.69. The lowest BCUT2D eigenvalue weighted by atomic mass is 9.65. The second-order valence-corrected chi connectivity index (χ2v) is 7.89. The molecule has 106 valence electrons. The van der Waals surface area contributed by atoms with E-state index >= 15 is 0 Å². The highest BCUT2D eigenvalue weighted by atomic mass is 16.2. The number of carbonyl (C=O) groups excluding carboxylic acids is 2. The Morgan fingerprint density at radius 2 is 1.84 bits per heavy atom. The molecule has 1 aliphatic heterocycles. The first-order valence-electron chi connectivity index (χ1n) is 7.40. The molecule has 0 aromatic heterocycles. The molecule has 2 saturated carbocycles. The highest BCUT2D eigenvalue weighted by molar-refractivity contribution is 6.35. The van der Waals surface area contributed by atoms with E-state index in [9.17, 15) is 9.59 Å². The van der Waals surface area contributed by atoms with Crippen LogP contribution < -0.4 is 5.32 Å². The van der Waals surface area contributed by atoms with Gasteiger partial charge in [-0.15, -0.1) is 0 Å². The number of rotatable bonds is 1. The van der Waals surface area contributed by atoms with Crippen molar-refractivity contribution in [2.24, 2.45) is 10.8 Å². The van der Waals surface area contributed by atoms with Crippen molar-refractivity contribution < 1.29 is 9.59 Å². The fourth-order valence-electron chi connectivity index (χ4n) is 4.30. The summed E-state index contributed by atoms with van der Waals surface area (Å²) in [4.78, 5) is 26.1. The summed E-state index contributed by atoms with van der Waals surface area (Å²) in [6.45, 7) is 7.55. The van der Waals surface area contributed by atoms with Crippen molar-refractivity contribution in [3.8, 4) is 0 Å². The number of fused-ring (bicyclic) bond motifs is 2. The lowest BCUT2D eigenvalue weighted by Gasteiger charge is -2.39. The maximum absolute atomic E-state index is 12.3. The summed E-state index contributed by atoms with van der Waals surface area (Å²) in [5.74, 6) is -0.699. The Morgan fingerprint density at radius 1 is 1.16 bits per heavy atom. The number of nitrogens with zero attached hydrogens (tertiary/aromatic N) is 1. The van der Waals surface area contributed by atoms with Crippen molar-refractivity contribution in [3.05, 3.63) is 0 Å². The number of hydrogen-bond donors (Lipinski definition) is 1. The predicted molar refractivity (Wildman–Crippen MR) is 72.4 cm³/mol. The molecule has 4 nitrogen and oxygen atoms in total. The molecular formula is C15H24N2O2. The van der Waals surface area contributed by atoms with E-state index in [4.69, 9.17) is 0 Å². The average molecular weight is 264 g/mol. The summed E-state index contributed by atoms with van der Waals surface area (Å²) in [5.41, 5.74) is 0.474. The van der Waals surface area contributed by atoms with Crippen LogP contribution in [0.25, 0.3) is 0 Å². The van der Waals surface area contributed by atoms with E-state index in [1.807, 2.05) is 4.90 Å². The normalized spacial score (nSPS) is 36.2. The molecule has 4 heteroatoms. The Morgan fingerprint density at radius 3 is 2.47 bits per heavy atom. The Labute approximate surface area is 114 Å². The van der Waals surface area contributed by atoms with E-state index in [1.54, 1.807) is 0 Å². The number of hydrogen-bond acceptors (Lipinski definition) is 2. The van der Waals surface area contributed by atoms with Crippen molar-refractivity contribution in [3.63, 3.8) is 0 Å². The molecule has 3 fully saturated rings. The first-order chi connectivity index (χ1) is 8.78. The van der Waals surface area contributed by atoms with E-state index in [0.29, 0.717) is 0 Å². The van der Waals surface area contributed by atoms with Crippen LogP contribution in [0, 0.1) is 10.8 Å². The molecule has 1 heterocycles. The van der Waals surface area contributed by atoms with Crippen LogP contribution in [0.3, 0.4) is 0 Å². The van der Waals surface area contributed by atoms with Gasteiger partial charge in [0.1, 0.15) is 0 Å². The van der Waals surface area contributed by atoms with E-state index in [2.05, 4.69) is 26.1 Å². The van der Waals surface area contributed by atoms with E-state index in [-0.39, 0.29) is 28.8 Å². The smallest absolute Gasteiger partial charge is 0.312 e. The molecule has 19 heavy (non-hydrogen) atoms. The van der Waals surface area contributed by atoms with Crippen molar-refractivity contribution in [1.82, 2.24) is 10.2 Å². The van der Waals surface area contributed by atoms with Gasteiger partial charge < -0.3 is 10.2 Å². The molecule has 2 atom stereocenters. The zero-order valence-electron chi connectivity index (χ0n) is 12.2. The second-order valence-electron chi connectivity index (χ2n) is 7.89. The summed E-state index contributed by atoms with van der Waals surface area (Å²) >= 11 is 0. The van der Waals surface area contributed by atoms with Crippen molar-refractivity contribution >= 4 is 11.8 Å². The minimum atomic E-state index is -0.392. The number of likely N-dealkylation sites (tertiary alicyclic amines) is 1. The van der Waals surface area contributed by atoms with Crippen LogP contribution in [0.5, 0.6) is 0 Å². The molecule has 2 amide bonds. The summed E-state index contributed by atoms with van der Waals surface area (Å²) in [6, 6.07) is 0.511. The fourth-order valence-corrected chi connectivity index (χ4v) is 4.30. The maximum atomic E-state index is 12.3. The Hall–Kier alpha value is -1.06. The molecule has 2 bridgehead atoms. The third-order valence-corrected chi connectivity index (χ3v) is 4.78. The van der Waals surface area contributed by atoms with Crippen LogP contribution in [0.15, 0.2) is 0 Å². The number of nitrogens with one attached hydrogen (secondary N) is 1. The molecule has 0 radical (unpaired) electrons. The first-order valence-corrected chi connectivity index (χ1v) is 7.40. The number of amides is 2. The van der Waals surface area contributed by atoms with E-state index in [1.165, 1.54) is 0 Å². The fraction of sp³-hybridized carbons (Fsp3) is 0.867. The zero-order chi connectivity index (χ0) is 13.8. The molecule has 0 spiro atoms. The molecular weight excluding hydrogens is 240 g/mol. The summed E-state index contributed by atoms with van der Waals surface area (Å²) in [5, 5.41) is 2.81. The summed E-state index contributed by atoms with van der Waals surface area (Å²) in [6.07, 6.45) is 5.26. The number of carbonyl (C=O) groups is 2. The van der Waals surface area contributed by atoms with Crippen LogP contribution in [0.4, 0.5) is 0 Å². The van der Waals surface area contributed by atoms with Gasteiger partial charge in [0.25, 0.3) is 0 Å². The van der Waals surface area contributed by atoms with Gasteiger partial charge in [-0.25, -0.2) is 0 Å². The van der Waals surface area contributed by atoms with E-state index in [0.717, 1.165) is 38.6 Å². The maximum Gasteiger partial charge on any atom is 0.312 e. The highest BCUT2D eigenvalue weighted by Crippen LogP contribution is 2.52. The standard InChI is InChI=1S/C15H24N2O2/c1-14(2)6-11-7-15(3,8-14)9-17(11)13(19)12(18)16-10-4-5-10/h10-11H,4-9H2,1-3H3,(H,16,18).